The van der Waals surface area contributed by atoms with E-state index in [0.29, 0.717) is 0 Å². The van der Waals surface area contributed by atoms with Crippen LogP contribution in [0.1, 0.15) is 0 Å². The molecule has 11 rings (SSSR count). The number of nitrogens with zero attached hydrogens (tertiary/aromatic N) is 2. The second kappa shape index (κ2) is 11.7. The van der Waals surface area contributed by atoms with Gasteiger partial charge in [0.2, 0.25) is 0 Å². The minimum Gasteiger partial charge on any atom is -0.453 e. The molecule has 0 atom stereocenters. The average Bonchev–Trinajstić information content (AvgIpc) is 3.56. The molecule has 0 saturated heterocycles. The van der Waals surface area contributed by atoms with E-state index in [-0.39, 0.29) is 0 Å². The largest absolute Gasteiger partial charge is 0.453 e. The Kier molecular flexibility index (Phi) is 6.55. The quantitative estimate of drug-likeness (QED) is 0.181. The highest BCUT2D eigenvalue weighted by Crippen LogP contribution is 2.46. The topological polar surface area (TPSA) is 17.4 Å². The smallest absolute Gasteiger partial charge is 0.152 e. The molecule has 0 radical (unpaired) electrons. The minimum absolute atomic E-state index is 0.879. The van der Waals surface area contributed by atoms with Crippen molar-refractivity contribution in [2.75, 3.05) is 4.90 Å². The second-order valence-electron chi connectivity index (χ2n) is 13.8. The third-order valence-corrected chi connectivity index (χ3v) is 10.8. The summed E-state index contributed by atoms with van der Waals surface area (Å²) >= 11 is 0. The fraction of sp³-hybridized carbons (Fsp3) is 0. The molecule has 10 aromatic rings. The molecule has 53 heavy (non-hydrogen) atoms. The Morgan fingerprint density at radius 3 is 1.85 bits per heavy atom. The number of rotatable bonds is 5. The van der Waals surface area contributed by atoms with Crippen LogP contribution in [-0.2, 0) is 0 Å². The third kappa shape index (κ3) is 4.75. The van der Waals surface area contributed by atoms with Gasteiger partial charge < -0.3 is 14.2 Å². The lowest BCUT2D eigenvalue weighted by atomic mass is 9.98. The second-order valence-corrected chi connectivity index (χ2v) is 13.8. The summed E-state index contributed by atoms with van der Waals surface area (Å²) in [6.07, 6.45) is 0. The SMILES string of the molecule is c1ccc2c(c1)Oc1cccc3c4cc(-c5ccc(N(c6ccc(-c7cccc8ccccc78)cc6)c6ccc7ccccc7c6)cc5)ccc4n-2c13. The number of ether oxygens (including phenoxy) is 1. The van der Waals surface area contributed by atoms with Crippen molar-refractivity contribution in [2.45, 2.75) is 0 Å². The zero-order valence-corrected chi connectivity index (χ0v) is 28.8. The van der Waals surface area contributed by atoms with Crippen molar-refractivity contribution in [1.82, 2.24) is 4.57 Å². The van der Waals surface area contributed by atoms with E-state index in [4.69, 9.17) is 4.74 Å². The van der Waals surface area contributed by atoms with Gasteiger partial charge in [0, 0.05) is 27.8 Å². The molecular weight excluding hydrogens is 645 g/mol. The van der Waals surface area contributed by atoms with Crippen LogP contribution >= 0.6 is 0 Å². The van der Waals surface area contributed by atoms with Crippen molar-refractivity contribution >= 4 is 60.4 Å². The first-order valence-electron chi connectivity index (χ1n) is 18.1. The zero-order chi connectivity index (χ0) is 34.9. The predicted octanol–water partition coefficient (Wildman–Crippen LogP) is 14.0. The Morgan fingerprint density at radius 2 is 1.00 bits per heavy atom. The van der Waals surface area contributed by atoms with E-state index < -0.39 is 0 Å². The molecule has 9 aromatic carbocycles. The molecule has 0 saturated carbocycles. The van der Waals surface area contributed by atoms with E-state index in [2.05, 4.69) is 191 Å². The number of hydrogen-bond acceptors (Lipinski definition) is 2. The van der Waals surface area contributed by atoms with Gasteiger partial charge in [-0.1, -0.05) is 127 Å². The Hall–Kier alpha value is -7.10. The summed E-state index contributed by atoms with van der Waals surface area (Å²) in [5.41, 5.74) is 11.5. The normalized spacial score (nSPS) is 11.9. The van der Waals surface area contributed by atoms with Crippen LogP contribution in [0.5, 0.6) is 11.5 Å². The number of benzene rings is 9. The molecule has 0 unspecified atom stereocenters. The number of hydrogen-bond donors (Lipinski definition) is 0. The Morgan fingerprint density at radius 1 is 0.377 bits per heavy atom. The maximum Gasteiger partial charge on any atom is 0.152 e. The highest BCUT2D eigenvalue weighted by molar-refractivity contribution is 6.13. The summed E-state index contributed by atoms with van der Waals surface area (Å²) in [6.45, 7) is 0. The third-order valence-electron chi connectivity index (χ3n) is 10.8. The van der Waals surface area contributed by atoms with Crippen LogP contribution in [0.3, 0.4) is 0 Å². The first-order valence-corrected chi connectivity index (χ1v) is 18.1. The van der Waals surface area contributed by atoms with Crippen LogP contribution in [-0.4, -0.2) is 4.57 Å². The maximum absolute atomic E-state index is 6.35. The van der Waals surface area contributed by atoms with Crippen molar-refractivity contribution < 1.29 is 4.74 Å². The fourth-order valence-corrected chi connectivity index (χ4v) is 8.23. The molecule has 1 aliphatic heterocycles. The van der Waals surface area contributed by atoms with E-state index in [1.165, 1.54) is 60.1 Å². The van der Waals surface area contributed by atoms with Gasteiger partial charge in [0.1, 0.15) is 0 Å². The molecule has 0 amide bonds. The van der Waals surface area contributed by atoms with Crippen molar-refractivity contribution in [3.63, 3.8) is 0 Å². The van der Waals surface area contributed by atoms with Crippen molar-refractivity contribution in [3.8, 4) is 39.4 Å². The van der Waals surface area contributed by atoms with Gasteiger partial charge in [0.15, 0.2) is 11.5 Å². The standard InChI is InChI=1S/C50H32N2O/c1-2-11-37-31-41(29-21-33(37)9-1)51(40-27-22-36(23-28-40)43-14-7-12-35-10-3-4-13-42(35)43)39-25-19-34(20-26-39)38-24-30-46-45(32-38)44-15-8-18-49-50(44)52(46)47-16-5-6-17-48(47)53-49/h1-32H. The van der Waals surface area contributed by atoms with Crippen LogP contribution < -0.4 is 9.64 Å². The van der Waals surface area contributed by atoms with Gasteiger partial charge >= 0.3 is 0 Å². The number of para-hydroxylation sites is 3. The lowest BCUT2D eigenvalue weighted by Crippen LogP contribution is -2.09. The predicted molar refractivity (Wildman–Crippen MR) is 221 cm³/mol. The van der Waals surface area contributed by atoms with Gasteiger partial charge in [-0.05, 0) is 111 Å². The Labute approximate surface area is 307 Å². The van der Waals surface area contributed by atoms with Crippen LogP contribution in [0.4, 0.5) is 17.1 Å². The molecule has 0 fully saturated rings. The van der Waals surface area contributed by atoms with Crippen LogP contribution in [0.15, 0.2) is 194 Å². The molecule has 3 heteroatoms. The van der Waals surface area contributed by atoms with Crippen molar-refractivity contribution in [1.29, 1.82) is 0 Å². The fourth-order valence-electron chi connectivity index (χ4n) is 8.23. The monoisotopic (exact) mass is 676 g/mol. The summed E-state index contributed by atoms with van der Waals surface area (Å²) in [4.78, 5) is 2.36. The van der Waals surface area contributed by atoms with Crippen LogP contribution in [0, 0.1) is 0 Å². The summed E-state index contributed by atoms with van der Waals surface area (Å²) in [6, 6.07) is 69.8. The Balaban J connectivity index is 1.00. The van der Waals surface area contributed by atoms with Gasteiger partial charge in [-0.2, -0.15) is 0 Å². The minimum atomic E-state index is 0.879. The van der Waals surface area contributed by atoms with Gasteiger partial charge in [-0.15, -0.1) is 0 Å². The van der Waals surface area contributed by atoms with Gasteiger partial charge in [0.25, 0.3) is 0 Å². The summed E-state index contributed by atoms with van der Waals surface area (Å²) < 4.78 is 8.69. The average molecular weight is 677 g/mol. The van der Waals surface area contributed by atoms with Gasteiger partial charge in [-0.3, -0.25) is 0 Å². The zero-order valence-electron chi connectivity index (χ0n) is 28.8. The first kappa shape index (κ1) is 29.6. The molecule has 0 bridgehead atoms. The molecule has 1 aliphatic rings. The van der Waals surface area contributed by atoms with E-state index in [1.54, 1.807) is 0 Å². The van der Waals surface area contributed by atoms with Crippen molar-refractivity contribution in [2.24, 2.45) is 0 Å². The number of anilines is 3. The van der Waals surface area contributed by atoms with Gasteiger partial charge in [0.05, 0.1) is 16.7 Å². The van der Waals surface area contributed by atoms with E-state index in [9.17, 15) is 0 Å². The first-order chi connectivity index (χ1) is 26.3. The molecular formula is C50H32N2O. The molecule has 0 spiro atoms. The van der Waals surface area contributed by atoms with E-state index in [1.807, 2.05) is 12.1 Å². The molecule has 248 valence electrons. The number of aromatic nitrogens is 1. The van der Waals surface area contributed by atoms with Crippen LogP contribution in [0.25, 0.3) is 71.3 Å². The van der Waals surface area contributed by atoms with E-state index in [0.717, 1.165) is 39.8 Å². The van der Waals surface area contributed by atoms with E-state index >= 15 is 0 Å². The molecule has 3 nitrogen and oxygen atoms in total. The highest BCUT2D eigenvalue weighted by Gasteiger charge is 2.23. The Bertz CT molecular complexity index is 3020. The molecule has 1 aromatic heterocycles. The summed E-state index contributed by atoms with van der Waals surface area (Å²) in [7, 11) is 0. The van der Waals surface area contributed by atoms with Crippen molar-refractivity contribution in [3.05, 3.63) is 194 Å². The summed E-state index contributed by atoms with van der Waals surface area (Å²) in [5, 5.41) is 7.37. The maximum atomic E-state index is 6.35. The van der Waals surface area contributed by atoms with Gasteiger partial charge in [-0.25, -0.2) is 0 Å². The molecule has 2 heterocycles. The lowest BCUT2D eigenvalue weighted by Gasteiger charge is -2.26. The summed E-state index contributed by atoms with van der Waals surface area (Å²) in [5.74, 6) is 1.77. The number of fused-ring (bicyclic) bond motifs is 7. The molecule has 0 aliphatic carbocycles. The molecule has 0 N–H and O–H groups in total. The lowest BCUT2D eigenvalue weighted by molar-refractivity contribution is 0.476. The highest BCUT2D eigenvalue weighted by atomic mass is 16.5. The van der Waals surface area contributed by atoms with Crippen LogP contribution in [0.2, 0.25) is 0 Å².